The van der Waals surface area contributed by atoms with E-state index in [0.717, 1.165) is 37.5 Å². The molecule has 0 fully saturated rings. The molecule has 154 valence electrons. The molecule has 0 saturated carbocycles. The highest BCUT2D eigenvalue weighted by Gasteiger charge is 2.25. The molecular formula is C20H33NO5S. The van der Waals surface area contributed by atoms with Gasteiger partial charge in [-0.3, -0.25) is 4.79 Å². The molecule has 1 rings (SSSR count). The van der Waals surface area contributed by atoms with Gasteiger partial charge in [0.15, 0.2) is 11.5 Å². The Morgan fingerprint density at radius 3 is 2.33 bits per heavy atom. The van der Waals surface area contributed by atoms with Gasteiger partial charge < -0.3 is 13.8 Å². The monoisotopic (exact) mass is 399 g/mol. The third-order valence-electron chi connectivity index (χ3n) is 4.48. The molecule has 0 aliphatic rings. The molecule has 1 atom stereocenters. The van der Waals surface area contributed by atoms with Gasteiger partial charge in [-0.1, -0.05) is 32.8 Å². The first-order valence-corrected chi connectivity index (χ1v) is 11.3. The van der Waals surface area contributed by atoms with Crippen molar-refractivity contribution in [1.29, 1.82) is 0 Å². The van der Waals surface area contributed by atoms with Crippen LogP contribution in [0.5, 0.6) is 11.5 Å². The van der Waals surface area contributed by atoms with Gasteiger partial charge in [0.25, 0.3) is 0 Å². The van der Waals surface area contributed by atoms with Crippen molar-refractivity contribution < 1.29 is 22.1 Å². The molecule has 27 heavy (non-hydrogen) atoms. The molecule has 1 aromatic carbocycles. The van der Waals surface area contributed by atoms with Gasteiger partial charge in [-0.2, -0.15) is 8.42 Å². The summed E-state index contributed by atoms with van der Waals surface area (Å²) in [6, 6.07) is 5.14. The second-order valence-electron chi connectivity index (χ2n) is 7.08. The molecule has 6 nitrogen and oxygen atoms in total. The average Bonchev–Trinajstić information content (AvgIpc) is 2.58. The lowest BCUT2D eigenvalue weighted by atomic mass is 9.97. The lowest BCUT2D eigenvalue weighted by Crippen LogP contribution is -2.40. The molecule has 7 heteroatoms. The zero-order valence-electron chi connectivity index (χ0n) is 17.3. The van der Waals surface area contributed by atoms with Crippen molar-refractivity contribution in [3.63, 3.8) is 0 Å². The Balaban J connectivity index is 3.09. The van der Waals surface area contributed by atoms with Crippen LogP contribution in [-0.4, -0.2) is 38.6 Å². The van der Waals surface area contributed by atoms with Gasteiger partial charge >= 0.3 is 10.1 Å². The Labute approximate surface area is 164 Å². The van der Waals surface area contributed by atoms with Crippen molar-refractivity contribution in [1.82, 2.24) is 4.90 Å². The van der Waals surface area contributed by atoms with Gasteiger partial charge in [0, 0.05) is 18.5 Å². The summed E-state index contributed by atoms with van der Waals surface area (Å²) in [5, 5.41) is 0. The van der Waals surface area contributed by atoms with Crippen molar-refractivity contribution in [3.05, 3.63) is 23.8 Å². The minimum Gasteiger partial charge on any atom is -0.493 e. The second-order valence-corrected chi connectivity index (χ2v) is 8.65. The van der Waals surface area contributed by atoms with Crippen LogP contribution in [0.3, 0.4) is 0 Å². The van der Waals surface area contributed by atoms with Crippen molar-refractivity contribution >= 4 is 16.0 Å². The van der Waals surface area contributed by atoms with E-state index in [-0.39, 0.29) is 23.6 Å². The van der Waals surface area contributed by atoms with Gasteiger partial charge in [-0.15, -0.1) is 0 Å². The summed E-state index contributed by atoms with van der Waals surface area (Å²) in [5.41, 5.74) is 0.793. The molecule has 0 unspecified atom stereocenters. The van der Waals surface area contributed by atoms with Crippen LogP contribution in [0.1, 0.15) is 58.9 Å². The lowest BCUT2D eigenvalue weighted by molar-refractivity contribution is -0.138. The quantitative estimate of drug-likeness (QED) is 0.526. The first-order chi connectivity index (χ1) is 12.6. The Hall–Kier alpha value is -1.76. The molecule has 0 aromatic heterocycles. The third-order valence-corrected chi connectivity index (χ3v) is 4.96. The fourth-order valence-corrected chi connectivity index (χ4v) is 3.40. The number of unbranched alkanes of at least 4 members (excludes halogenated alkanes) is 1. The summed E-state index contributed by atoms with van der Waals surface area (Å²) in [7, 11) is -2.22. The number of hydrogen-bond donors (Lipinski definition) is 0. The predicted octanol–water partition coefficient (Wildman–Crippen LogP) is 3.99. The lowest BCUT2D eigenvalue weighted by Gasteiger charge is -2.31. The highest BCUT2D eigenvalue weighted by atomic mass is 32.2. The van der Waals surface area contributed by atoms with Crippen LogP contribution in [0.15, 0.2) is 18.2 Å². The molecule has 1 aromatic rings. The largest absolute Gasteiger partial charge is 0.493 e. The van der Waals surface area contributed by atoms with E-state index in [1.54, 1.807) is 12.1 Å². The number of ether oxygens (including phenoxy) is 1. The van der Waals surface area contributed by atoms with E-state index in [9.17, 15) is 13.2 Å². The smallest absolute Gasteiger partial charge is 0.306 e. The standard InChI is InChI=1S/C20H33NO5S/c1-7-9-10-17(8-2)20(22)21(15(3)4)14-16-11-12-18(25-5)19(13-16)26-27(6,23)24/h11-13,15,17H,7-10,14H2,1-6H3/t17-/m0/s1. The van der Waals surface area contributed by atoms with E-state index in [4.69, 9.17) is 8.92 Å². The van der Waals surface area contributed by atoms with Crippen molar-refractivity contribution in [2.45, 2.75) is 66.0 Å². The Bertz CT molecular complexity index is 715. The van der Waals surface area contributed by atoms with Gasteiger partial charge in [0.2, 0.25) is 5.91 Å². The molecule has 1 amide bonds. The summed E-state index contributed by atoms with van der Waals surface area (Å²) in [6.07, 6.45) is 4.79. The zero-order valence-corrected chi connectivity index (χ0v) is 18.1. The maximum atomic E-state index is 13.0. The fourth-order valence-electron chi connectivity index (χ4n) is 2.95. The normalized spacial score (nSPS) is 12.7. The van der Waals surface area contributed by atoms with E-state index in [0.29, 0.717) is 12.3 Å². The van der Waals surface area contributed by atoms with Gasteiger partial charge in [-0.25, -0.2) is 0 Å². The van der Waals surface area contributed by atoms with Crippen LogP contribution in [-0.2, 0) is 21.5 Å². The first kappa shape index (κ1) is 23.3. The Morgan fingerprint density at radius 1 is 1.19 bits per heavy atom. The highest BCUT2D eigenvalue weighted by molar-refractivity contribution is 7.86. The molecule has 0 saturated heterocycles. The topological polar surface area (TPSA) is 72.9 Å². The summed E-state index contributed by atoms with van der Waals surface area (Å²) >= 11 is 0. The molecule has 0 aliphatic heterocycles. The molecular weight excluding hydrogens is 366 g/mol. The van der Waals surface area contributed by atoms with Crippen LogP contribution in [0.2, 0.25) is 0 Å². The summed E-state index contributed by atoms with van der Waals surface area (Å²) in [5.74, 6) is 0.618. The van der Waals surface area contributed by atoms with Crippen molar-refractivity contribution in [2.75, 3.05) is 13.4 Å². The number of methoxy groups -OCH3 is 1. The number of amides is 1. The fraction of sp³-hybridized carbons (Fsp3) is 0.650. The van der Waals surface area contributed by atoms with Gasteiger partial charge in [0.05, 0.1) is 13.4 Å². The van der Waals surface area contributed by atoms with E-state index in [1.807, 2.05) is 31.7 Å². The minimum absolute atomic E-state index is 0.0114. The van der Waals surface area contributed by atoms with Crippen LogP contribution in [0.25, 0.3) is 0 Å². The van der Waals surface area contributed by atoms with E-state index >= 15 is 0 Å². The Kier molecular flexibility index (Phi) is 9.09. The molecule has 0 radical (unpaired) electrons. The van der Waals surface area contributed by atoms with Crippen molar-refractivity contribution in [2.24, 2.45) is 5.92 Å². The number of benzene rings is 1. The van der Waals surface area contributed by atoms with Crippen molar-refractivity contribution in [3.8, 4) is 11.5 Å². The van der Waals surface area contributed by atoms with Crippen LogP contribution in [0.4, 0.5) is 0 Å². The number of hydrogen-bond acceptors (Lipinski definition) is 5. The van der Waals surface area contributed by atoms with E-state index in [2.05, 4.69) is 6.92 Å². The molecule has 0 bridgehead atoms. The number of carbonyl (C=O) groups excluding carboxylic acids is 1. The third kappa shape index (κ3) is 7.40. The predicted molar refractivity (Wildman–Crippen MR) is 107 cm³/mol. The van der Waals surface area contributed by atoms with Crippen LogP contribution < -0.4 is 8.92 Å². The van der Waals surface area contributed by atoms with Gasteiger partial charge in [-0.05, 0) is 44.4 Å². The number of rotatable bonds is 11. The summed E-state index contributed by atoms with van der Waals surface area (Å²) in [4.78, 5) is 14.9. The van der Waals surface area contributed by atoms with Gasteiger partial charge in [0.1, 0.15) is 0 Å². The molecule has 0 heterocycles. The first-order valence-electron chi connectivity index (χ1n) is 9.49. The second kappa shape index (κ2) is 10.5. The minimum atomic E-state index is -3.68. The number of carbonyl (C=O) groups is 1. The zero-order chi connectivity index (χ0) is 20.6. The van der Waals surface area contributed by atoms with Crippen LogP contribution >= 0.6 is 0 Å². The molecule has 0 N–H and O–H groups in total. The molecule has 0 aliphatic carbocycles. The van der Waals surface area contributed by atoms with E-state index in [1.165, 1.54) is 7.11 Å². The average molecular weight is 400 g/mol. The summed E-state index contributed by atoms with van der Waals surface area (Å²) < 4.78 is 33.2. The molecule has 0 spiro atoms. The maximum absolute atomic E-state index is 13.0. The number of nitrogens with zero attached hydrogens (tertiary/aromatic N) is 1. The summed E-state index contributed by atoms with van der Waals surface area (Å²) in [6.45, 7) is 8.53. The van der Waals surface area contributed by atoms with E-state index < -0.39 is 10.1 Å². The maximum Gasteiger partial charge on any atom is 0.306 e. The van der Waals surface area contributed by atoms with Crippen LogP contribution in [0, 0.1) is 5.92 Å². The SMILES string of the molecule is CCCC[C@H](CC)C(=O)N(Cc1ccc(OC)c(OS(C)(=O)=O)c1)C(C)C. The Morgan fingerprint density at radius 2 is 1.85 bits per heavy atom. The highest BCUT2D eigenvalue weighted by Crippen LogP contribution is 2.30.